The van der Waals surface area contributed by atoms with Crippen LogP contribution in [0.15, 0.2) is 42.5 Å². The predicted molar refractivity (Wildman–Crippen MR) is 125 cm³/mol. The third kappa shape index (κ3) is 5.42. The zero-order chi connectivity index (χ0) is 22.5. The molecule has 1 heterocycles. The van der Waals surface area contributed by atoms with Gasteiger partial charge in [-0.25, -0.2) is 4.79 Å². The second-order valence-electron chi connectivity index (χ2n) is 7.07. The minimum absolute atomic E-state index is 0.124. The van der Waals surface area contributed by atoms with Crippen LogP contribution in [0.3, 0.4) is 0 Å². The largest absolute Gasteiger partial charge is 0.481 e. The van der Waals surface area contributed by atoms with Gasteiger partial charge in [-0.15, -0.1) is 0 Å². The highest BCUT2D eigenvalue weighted by Crippen LogP contribution is 2.25. The molecule has 2 N–H and O–H groups in total. The molecule has 31 heavy (non-hydrogen) atoms. The minimum Gasteiger partial charge on any atom is -0.481 e. The topological polar surface area (TPSA) is 81.7 Å². The monoisotopic (exact) mass is 459 g/mol. The van der Waals surface area contributed by atoms with Crippen molar-refractivity contribution in [1.29, 1.82) is 0 Å². The van der Waals surface area contributed by atoms with Crippen LogP contribution >= 0.6 is 22.9 Å². The Bertz CT molecular complexity index is 1120. The van der Waals surface area contributed by atoms with Crippen molar-refractivity contribution < 1.29 is 24.4 Å². The molecule has 8 heteroatoms. The minimum atomic E-state index is -0.997. The normalized spacial score (nSPS) is 12.4. The number of carboxylic acids is 2. The number of hydrogen-bond donors (Lipinski definition) is 2. The number of rotatable bonds is 9. The smallest absolute Gasteiger partial charge is 0.326 e. The lowest BCUT2D eigenvalue weighted by Crippen LogP contribution is -2.40. The van der Waals surface area contributed by atoms with Gasteiger partial charge in [0.1, 0.15) is 17.3 Å². The quantitative estimate of drug-likeness (QED) is 0.450. The zero-order valence-electron chi connectivity index (χ0n) is 17.3. The molecule has 0 fully saturated rings. The van der Waals surface area contributed by atoms with Crippen molar-refractivity contribution in [3.8, 4) is 0 Å². The average molecular weight is 460 g/mol. The molecule has 1 atom stereocenters. The van der Waals surface area contributed by atoms with Crippen molar-refractivity contribution in [2.45, 2.75) is 32.9 Å². The summed E-state index contributed by atoms with van der Waals surface area (Å²) in [5.74, 6) is -1.96. The van der Waals surface area contributed by atoms with Gasteiger partial charge in [0.15, 0.2) is 0 Å². The molecule has 0 saturated carbocycles. The van der Waals surface area contributed by atoms with E-state index in [0.717, 1.165) is 27.3 Å². The van der Waals surface area contributed by atoms with Gasteiger partial charge in [-0.05, 0) is 49.8 Å². The molecule has 3 aromatic rings. The summed E-state index contributed by atoms with van der Waals surface area (Å²) in [4.78, 5) is 24.0. The number of carboxylic acid groups (broad SMARTS) is 2. The Labute approximate surface area is 189 Å². The molecule has 2 aromatic carbocycles. The van der Waals surface area contributed by atoms with Crippen LogP contribution in [-0.2, 0) is 16.1 Å². The number of benzene rings is 2. The number of aromatic nitrogens is 1. The first-order valence-corrected chi connectivity index (χ1v) is 11.1. The second kappa shape index (κ2) is 9.94. The molecule has 0 aliphatic heterocycles. The van der Waals surface area contributed by atoms with Crippen LogP contribution in [0.4, 0.5) is 5.69 Å². The Kier molecular flexibility index (Phi) is 7.30. The first-order chi connectivity index (χ1) is 14.8. The number of halogens is 1. The fourth-order valence-electron chi connectivity index (χ4n) is 3.36. The lowest BCUT2D eigenvalue weighted by molar-refractivity contribution is -0.665. The van der Waals surface area contributed by atoms with E-state index in [9.17, 15) is 14.7 Å². The average Bonchev–Trinajstić information content (AvgIpc) is 3.09. The summed E-state index contributed by atoms with van der Waals surface area (Å²) in [6, 6.07) is 12.5. The van der Waals surface area contributed by atoms with E-state index in [1.165, 1.54) is 0 Å². The van der Waals surface area contributed by atoms with Crippen molar-refractivity contribution in [3.05, 3.63) is 58.1 Å². The maximum absolute atomic E-state index is 11.4. The molecule has 0 saturated heterocycles. The lowest BCUT2D eigenvalue weighted by Gasteiger charge is -2.28. The number of aliphatic carboxylic acids is 2. The van der Waals surface area contributed by atoms with Gasteiger partial charge in [-0.2, -0.15) is 4.57 Å². The van der Waals surface area contributed by atoms with Gasteiger partial charge in [0.25, 0.3) is 5.01 Å². The Balaban J connectivity index is 1.84. The van der Waals surface area contributed by atoms with Crippen LogP contribution < -0.4 is 9.47 Å². The SMILES string of the molecule is CC[n+]1c(C=Cc2ccc(N(CCC(=O)O)C(C)C(=O)O)cc2)sc2ccc(Cl)cc21. The highest BCUT2D eigenvalue weighted by Gasteiger charge is 2.22. The Morgan fingerprint density at radius 1 is 1.16 bits per heavy atom. The Morgan fingerprint density at radius 3 is 2.48 bits per heavy atom. The highest BCUT2D eigenvalue weighted by molar-refractivity contribution is 7.18. The van der Waals surface area contributed by atoms with Gasteiger partial charge >= 0.3 is 11.9 Å². The standard InChI is InChI=1S/C23H23ClN2O4S/c1-3-25-19-14-17(24)7-10-20(19)31-21(25)11-6-16-4-8-18(9-5-16)26(13-12-22(27)28)15(2)23(29)30/h4-11,14-15H,3,12-13H2,1-2H3,(H-,27,28,29,30)/p+1. The molecule has 0 bridgehead atoms. The van der Waals surface area contributed by atoms with E-state index in [2.05, 4.69) is 17.6 Å². The fraction of sp³-hybridized carbons (Fsp3) is 0.261. The van der Waals surface area contributed by atoms with Crippen molar-refractivity contribution in [1.82, 2.24) is 0 Å². The van der Waals surface area contributed by atoms with E-state index in [-0.39, 0.29) is 13.0 Å². The Hall–Kier alpha value is -2.90. The number of hydrogen-bond acceptors (Lipinski definition) is 4. The molecule has 3 rings (SSSR count). The molecule has 0 aliphatic carbocycles. The van der Waals surface area contributed by atoms with Crippen molar-refractivity contribution in [2.24, 2.45) is 0 Å². The first-order valence-electron chi connectivity index (χ1n) is 9.91. The van der Waals surface area contributed by atoms with Crippen LogP contribution in [0, 0.1) is 0 Å². The molecular weight excluding hydrogens is 436 g/mol. The van der Waals surface area contributed by atoms with E-state index in [1.54, 1.807) is 23.2 Å². The maximum atomic E-state index is 11.4. The maximum Gasteiger partial charge on any atom is 0.326 e. The van der Waals surface area contributed by atoms with Crippen LogP contribution in [0.1, 0.15) is 30.8 Å². The Morgan fingerprint density at radius 2 is 1.87 bits per heavy atom. The summed E-state index contributed by atoms with van der Waals surface area (Å²) in [6.45, 7) is 4.59. The molecule has 1 aromatic heterocycles. The predicted octanol–water partition coefficient (Wildman–Crippen LogP) is 4.79. The summed E-state index contributed by atoms with van der Waals surface area (Å²) >= 11 is 7.84. The van der Waals surface area contributed by atoms with Crippen LogP contribution in [0.5, 0.6) is 0 Å². The summed E-state index contributed by atoms with van der Waals surface area (Å²) in [5, 5.41) is 20.1. The number of fused-ring (bicyclic) bond motifs is 1. The molecule has 0 radical (unpaired) electrons. The van der Waals surface area contributed by atoms with Gasteiger partial charge in [0.2, 0.25) is 5.52 Å². The zero-order valence-corrected chi connectivity index (χ0v) is 18.9. The third-order valence-corrected chi connectivity index (χ3v) is 6.41. The molecule has 1 unspecified atom stereocenters. The van der Waals surface area contributed by atoms with Gasteiger partial charge in [0, 0.05) is 29.4 Å². The third-order valence-electron chi connectivity index (χ3n) is 5.04. The summed E-state index contributed by atoms with van der Waals surface area (Å²) in [5.41, 5.74) is 2.74. The van der Waals surface area contributed by atoms with Crippen molar-refractivity contribution in [2.75, 3.05) is 11.4 Å². The van der Waals surface area contributed by atoms with E-state index in [4.69, 9.17) is 16.7 Å². The number of nitrogens with zero attached hydrogens (tertiary/aromatic N) is 2. The number of anilines is 1. The highest BCUT2D eigenvalue weighted by atomic mass is 35.5. The molecule has 0 aliphatic rings. The number of aryl methyl sites for hydroxylation is 1. The first kappa shape index (κ1) is 22.8. The van der Waals surface area contributed by atoms with Crippen LogP contribution in [-0.4, -0.2) is 34.7 Å². The van der Waals surface area contributed by atoms with Crippen molar-refractivity contribution in [3.63, 3.8) is 0 Å². The lowest BCUT2D eigenvalue weighted by atomic mass is 10.1. The molecule has 0 amide bonds. The molecular formula is C23H24ClN2O4S+. The summed E-state index contributed by atoms with van der Waals surface area (Å²) < 4.78 is 3.37. The van der Waals surface area contributed by atoms with Gasteiger partial charge < -0.3 is 15.1 Å². The molecule has 0 spiro atoms. The molecule has 162 valence electrons. The molecule has 6 nitrogen and oxygen atoms in total. The van der Waals surface area contributed by atoms with Crippen LogP contribution in [0.2, 0.25) is 5.02 Å². The van der Waals surface area contributed by atoms with E-state index < -0.39 is 18.0 Å². The van der Waals surface area contributed by atoms with Gasteiger partial charge in [-0.1, -0.05) is 35.1 Å². The van der Waals surface area contributed by atoms with E-state index >= 15 is 0 Å². The van der Waals surface area contributed by atoms with Crippen molar-refractivity contribution >= 4 is 62.9 Å². The summed E-state index contributed by atoms with van der Waals surface area (Å²) in [6.07, 6.45) is 3.93. The fourth-order valence-corrected chi connectivity index (χ4v) is 4.64. The van der Waals surface area contributed by atoms with Gasteiger partial charge in [-0.3, -0.25) is 4.79 Å². The number of carbonyl (C=O) groups is 2. The van der Waals surface area contributed by atoms with Gasteiger partial charge in [0.05, 0.1) is 6.42 Å². The van der Waals surface area contributed by atoms with E-state index in [0.29, 0.717) is 10.7 Å². The number of thiazole rings is 1. The van der Waals surface area contributed by atoms with Crippen LogP contribution in [0.25, 0.3) is 22.4 Å². The second-order valence-corrected chi connectivity index (χ2v) is 8.57. The summed E-state index contributed by atoms with van der Waals surface area (Å²) in [7, 11) is 0. The van der Waals surface area contributed by atoms with E-state index in [1.807, 2.05) is 48.5 Å².